The normalized spacial score (nSPS) is 37.5. The Morgan fingerprint density at radius 3 is 2.00 bits per heavy atom. The van der Waals surface area contributed by atoms with E-state index in [1.807, 2.05) is 4.90 Å². The number of rotatable bonds is 3. The second-order valence-corrected chi connectivity index (χ2v) is 8.66. The zero-order valence-corrected chi connectivity index (χ0v) is 15.6. The van der Waals surface area contributed by atoms with Crippen molar-refractivity contribution in [3.05, 3.63) is 0 Å². The lowest BCUT2D eigenvalue weighted by Gasteiger charge is -2.50. The van der Waals surface area contributed by atoms with Gasteiger partial charge in [0.2, 0.25) is 0 Å². The maximum Gasteiger partial charge on any atom is 0.319 e. The fourth-order valence-electron chi connectivity index (χ4n) is 4.96. The number of carbonyl (C=O) groups is 1. The predicted octanol–water partition coefficient (Wildman–Crippen LogP) is 2.16. The lowest BCUT2D eigenvalue weighted by molar-refractivity contribution is 0.0296. The lowest BCUT2D eigenvalue weighted by Crippen LogP contribution is -2.67. The van der Waals surface area contributed by atoms with Gasteiger partial charge in [0.1, 0.15) is 0 Å². The average Bonchev–Trinajstić information content (AvgIpc) is 2.61. The van der Waals surface area contributed by atoms with Gasteiger partial charge in [0, 0.05) is 24.2 Å². The quantitative estimate of drug-likeness (QED) is 0.584. The number of nitrogens with zero attached hydrogens (tertiary/aromatic N) is 1. The first-order valence-electron chi connectivity index (χ1n) is 10.4. The fourth-order valence-corrected chi connectivity index (χ4v) is 4.96. The van der Waals surface area contributed by atoms with Gasteiger partial charge in [-0.2, -0.15) is 0 Å². The predicted molar refractivity (Wildman–Crippen MR) is 101 cm³/mol. The molecular weight excluding hydrogens is 314 g/mol. The molecule has 0 saturated heterocycles. The standard InChI is InChI=1S/C19H37N5O/c20-14-6-8-17(9-7-14)24(19(22)12-10-15(21)11-13-19)18(25)23-16-4-2-1-3-5-16/h14-17H,1-13,20-22H2,(H,23,25). The monoisotopic (exact) mass is 351 g/mol. The Bertz CT molecular complexity index is 435. The molecule has 0 aromatic carbocycles. The summed E-state index contributed by atoms with van der Waals surface area (Å²) >= 11 is 0. The molecule has 3 fully saturated rings. The second-order valence-electron chi connectivity index (χ2n) is 8.66. The van der Waals surface area contributed by atoms with Crippen LogP contribution in [-0.4, -0.2) is 40.8 Å². The van der Waals surface area contributed by atoms with Crippen molar-refractivity contribution >= 4 is 6.03 Å². The van der Waals surface area contributed by atoms with Crippen molar-refractivity contribution in [3.8, 4) is 0 Å². The van der Waals surface area contributed by atoms with Crippen molar-refractivity contribution in [1.29, 1.82) is 0 Å². The van der Waals surface area contributed by atoms with Crippen molar-refractivity contribution < 1.29 is 4.79 Å². The molecule has 3 rings (SSSR count). The molecule has 0 aromatic heterocycles. The fraction of sp³-hybridized carbons (Fsp3) is 0.947. The van der Waals surface area contributed by atoms with E-state index in [1.54, 1.807) is 0 Å². The molecule has 0 radical (unpaired) electrons. The third kappa shape index (κ3) is 4.66. The molecule has 2 amide bonds. The van der Waals surface area contributed by atoms with Crippen LogP contribution in [0.5, 0.6) is 0 Å². The van der Waals surface area contributed by atoms with Gasteiger partial charge in [-0.05, 0) is 64.2 Å². The van der Waals surface area contributed by atoms with E-state index in [-0.39, 0.29) is 24.2 Å². The first kappa shape index (κ1) is 18.9. The molecule has 0 heterocycles. The molecule has 0 spiro atoms. The molecule has 6 heteroatoms. The summed E-state index contributed by atoms with van der Waals surface area (Å²) in [7, 11) is 0. The highest BCUT2D eigenvalue weighted by atomic mass is 16.2. The minimum absolute atomic E-state index is 0.0466. The summed E-state index contributed by atoms with van der Waals surface area (Å²) in [5.41, 5.74) is 18.4. The molecule has 144 valence electrons. The SMILES string of the molecule is NC1CCC(N(C(=O)NC2CCCCC2)C2(N)CCC(N)CC2)CC1. The number of urea groups is 1. The van der Waals surface area contributed by atoms with Gasteiger partial charge in [-0.15, -0.1) is 0 Å². The molecule has 0 atom stereocenters. The number of nitrogens with two attached hydrogens (primary N) is 3. The molecular formula is C19H37N5O. The van der Waals surface area contributed by atoms with Gasteiger partial charge in [-0.25, -0.2) is 4.79 Å². The van der Waals surface area contributed by atoms with E-state index in [0.717, 1.165) is 64.2 Å². The van der Waals surface area contributed by atoms with Gasteiger partial charge in [-0.3, -0.25) is 0 Å². The van der Waals surface area contributed by atoms with Crippen molar-refractivity contribution in [2.24, 2.45) is 17.2 Å². The first-order chi connectivity index (χ1) is 12.0. The summed E-state index contributed by atoms with van der Waals surface area (Å²) in [5.74, 6) is 0. The van der Waals surface area contributed by atoms with Crippen LogP contribution in [-0.2, 0) is 0 Å². The molecule has 25 heavy (non-hydrogen) atoms. The van der Waals surface area contributed by atoms with Crippen LogP contribution in [0.25, 0.3) is 0 Å². The van der Waals surface area contributed by atoms with Gasteiger partial charge >= 0.3 is 6.03 Å². The topological polar surface area (TPSA) is 110 Å². The summed E-state index contributed by atoms with van der Waals surface area (Å²) in [6.45, 7) is 0. The highest BCUT2D eigenvalue weighted by Crippen LogP contribution is 2.34. The van der Waals surface area contributed by atoms with Crippen LogP contribution in [0.3, 0.4) is 0 Å². The Labute approximate surface area is 152 Å². The van der Waals surface area contributed by atoms with E-state index in [4.69, 9.17) is 17.2 Å². The summed E-state index contributed by atoms with van der Waals surface area (Å²) in [6.07, 6.45) is 13.2. The third-order valence-corrected chi connectivity index (χ3v) is 6.63. The summed E-state index contributed by atoms with van der Waals surface area (Å²) in [6, 6.07) is 1.06. The molecule has 0 unspecified atom stereocenters. The molecule has 6 nitrogen and oxygen atoms in total. The Balaban J connectivity index is 1.72. The maximum absolute atomic E-state index is 13.3. The summed E-state index contributed by atoms with van der Waals surface area (Å²) in [4.78, 5) is 15.3. The smallest absolute Gasteiger partial charge is 0.319 e. The molecule has 0 bridgehead atoms. The third-order valence-electron chi connectivity index (χ3n) is 6.63. The number of hydrogen-bond donors (Lipinski definition) is 4. The summed E-state index contributed by atoms with van der Waals surface area (Å²) < 4.78 is 0. The van der Waals surface area contributed by atoms with Crippen molar-refractivity contribution in [2.45, 2.75) is 113 Å². The number of carbonyl (C=O) groups excluding carboxylic acids is 1. The Morgan fingerprint density at radius 2 is 1.40 bits per heavy atom. The maximum atomic E-state index is 13.3. The second kappa shape index (κ2) is 8.23. The van der Waals surface area contributed by atoms with Gasteiger partial charge in [0.05, 0.1) is 5.66 Å². The van der Waals surface area contributed by atoms with Crippen LogP contribution in [0.4, 0.5) is 4.79 Å². The van der Waals surface area contributed by atoms with E-state index < -0.39 is 5.66 Å². The van der Waals surface area contributed by atoms with Crippen molar-refractivity contribution in [1.82, 2.24) is 10.2 Å². The lowest BCUT2D eigenvalue weighted by atomic mass is 9.82. The van der Waals surface area contributed by atoms with E-state index in [2.05, 4.69) is 5.32 Å². The molecule has 3 aliphatic rings. The zero-order chi connectivity index (χ0) is 17.9. The van der Waals surface area contributed by atoms with Crippen LogP contribution in [0, 0.1) is 0 Å². The molecule has 3 aliphatic carbocycles. The van der Waals surface area contributed by atoms with E-state index in [1.165, 1.54) is 19.3 Å². The van der Waals surface area contributed by atoms with Crippen molar-refractivity contribution in [2.75, 3.05) is 0 Å². The Kier molecular flexibility index (Phi) is 6.23. The number of amides is 2. The van der Waals surface area contributed by atoms with E-state index in [9.17, 15) is 4.79 Å². The van der Waals surface area contributed by atoms with Crippen LogP contribution in [0.2, 0.25) is 0 Å². The van der Waals surface area contributed by atoms with E-state index in [0.29, 0.717) is 6.04 Å². The van der Waals surface area contributed by atoms with Gasteiger partial charge in [-0.1, -0.05) is 19.3 Å². The number of hydrogen-bond acceptors (Lipinski definition) is 4. The minimum atomic E-state index is -0.555. The van der Waals surface area contributed by atoms with Gasteiger partial charge in [0.25, 0.3) is 0 Å². The van der Waals surface area contributed by atoms with Crippen molar-refractivity contribution in [3.63, 3.8) is 0 Å². The van der Waals surface area contributed by atoms with Gasteiger partial charge < -0.3 is 27.4 Å². The van der Waals surface area contributed by atoms with Crippen LogP contribution >= 0.6 is 0 Å². The zero-order valence-electron chi connectivity index (χ0n) is 15.6. The van der Waals surface area contributed by atoms with Crippen LogP contribution < -0.4 is 22.5 Å². The Hall–Kier alpha value is -0.850. The first-order valence-corrected chi connectivity index (χ1v) is 10.4. The summed E-state index contributed by atoms with van der Waals surface area (Å²) in [5, 5.41) is 3.31. The molecule has 3 saturated carbocycles. The molecule has 0 aliphatic heterocycles. The van der Waals surface area contributed by atoms with E-state index >= 15 is 0 Å². The average molecular weight is 352 g/mol. The highest BCUT2D eigenvalue weighted by Gasteiger charge is 2.43. The molecule has 7 N–H and O–H groups in total. The van der Waals surface area contributed by atoms with Gasteiger partial charge in [0.15, 0.2) is 0 Å². The number of nitrogens with one attached hydrogen (secondary N) is 1. The van der Waals surface area contributed by atoms with Crippen LogP contribution in [0.15, 0.2) is 0 Å². The minimum Gasteiger partial charge on any atom is -0.335 e. The Morgan fingerprint density at radius 1 is 0.840 bits per heavy atom. The highest BCUT2D eigenvalue weighted by molar-refractivity contribution is 5.76. The molecule has 0 aromatic rings. The van der Waals surface area contributed by atoms with Crippen LogP contribution in [0.1, 0.15) is 83.5 Å². The largest absolute Gasteiger partial charge is 0.335 e.